The van der Waals surface area contributed by atoms with E-state index in [2.05, 4.69) is 30.8 Å². The number of hydrogen-bond donors (Lipinski definition) is 3. The molecule has 0 aliphatic rings. The molecular formula is C17H10ClF2N7NaO7S2-. The molecule has 20 heteroatoms. The summed E-state index contributed by atoms with van der Waals surface area (Å²) in [6.45, 7) is 0. The first-order valence-corrected chi connectivity index (χ1v) is 12.2. The normalized spacial score (nSPS) is 11.7. The van der Waals surface area contributed by atoms with Crippen LogP contribution in [0.25, 0.3) is 0 Å². The third kappa shape index (κ3) is 7.82. The monoisotopic (exact) mass is 584 g/mol. The molecule has 2 amide bonds. The van der Waals surface area contributed by atoms with Crippen molar-refractivity contribution in [3.05, 3.63) is 53.4 Å². The Morgan fingerprint density at radius 3 is 2.19 bits per heavy atom. The van der Waals surface area contributed by atoms with Crippen LogP contribution in [0.1, 0.15) is 0 Å². The number of urea groups is 1. The number of primary amides is 1. The molecule has 0 fully saturated rings. The molecule has 190 valence electrons. The van der Waals surface area contributed by atoms with Crippen molar-refractivity contribution < 1.29 is 69.1 Å². The number of carbonyl (C=O) groups excluding carboxylic acids is 1. The average molecular weight is 585 g/mol. The van der Waals surface area contributed by atoms with Gasteiger partial charge in [0.1, 0.15) is 36.6 Å². The third-order valence-electron chi connectivity index (χ3n) is 4.06. The van der Waals surface area contributed by atoms with Crippen molar-refractivity contribution in [2.45, 2.75) is 9.79 Å². The maximum absolute atomic E-state index is 13.5. The molecule has 1 heterocycles. The molecule has 0 radical (unpaired) electrons. The van der Waals surface area contributed by atoms with Gasteiger partial charge in [-0.2, -0.15) is 18.7 Å². The number of nitrogens with zero attached hydrogens (tertiary/aromatic N) is 4. The Morgan fingerprint density at radius 1 is 0.973 bits per heavy atom. The summed E-state index contributed by atoms with van der Waals surface area (Å²) in [5.41, 5.74) is 4.23. The van der Waals surface area contributed by atoms with Crippen LogP contribution >= 0.6 is 11.6 Å². The molecule has 37 heavy (non-hydrogen) atoms. The number of benzene rings is 2. The van der Waals surface area contributed by atoms with E-state index >= 15 is 0 Å². The summed E-state index contributed by atoms with van der Waals surface area (Å²) in [7, 11) is -10.4. The third-order valence-corrected chi connectivity index (χ3v) is 6.09. The predicted molar refractivity (Wildman–Crippen MR) is 116 cm³/mol. The van der Waals surface area contributed by atoms with Crippen LogP contribution in [0.2, 0.25) is 5.02 Å². The van der Waals surface area contributed by atoms with E-state index in [1.165, 1.54) is 12.1 Å². The summed E-state index contributed by atoms with van der Waals surface area (Å²) < 4.78 is 94.9. The first-order chi connectivity index (χ1) is 16.6. The molecule has 3 rings (SSSR count). The Morgan fingerprint density at radius 2 is 1.59 bits per heavy atom. The van der Waals surface area contributed by atoms with Crippen molar-refractivity contribution in [2.75, 3.05) is 10.6 Å². The van der Waals surface area contributed by atoms with Gasteiger partial charge in [-0.25, -0.2) is 21.6 Å². The number of aromatic nitrogens is 2. The summed E-state index contributed by atoms with van der Waals surface area (Å²) in [6, 6.07) is 4.33. The first kappa shape index (κ1) is 30.4. The standard InChI is InChI=1S/C17H12ClF2N7O7S2.Na/c18-13-14(19)24-16(20)25-15(13)22-7-1-3-9(11(5-7)23-17(21)28)26-27-10-4-2-8(35(29,30)31)6-12(10)36(32,33)34;/h1-6H,(H3,21,23,28)(H,22,24,25)(H,29,30,31)(H,32,33,34);/q;+1/p-2. The molecule has 0 bridgehead atoms. The van der Waals surface area contributed by atoms with Gasteiger partial charge in [-0.3, -0.25) is 0 Å². The maximum Gasteiger partial charge on any atom is 1.00 e. The number of azo groups is 1. The summed E-state index contributed by atoms with van der Waals surface area (Å²) >= 11 is 5.69. The van der Waals surface area contributed by atoms with Crippen molar-refractivity contribution in [1.29, 1.82) is 0 Å². The van der Waals surface area contributed by atoms with Gasteiger partial charge in [0.15, 0.2) is 5.82 Å². The fraction of sp³-hybridized carbons (Fsp3) is 0. The van der Waals surface area contributed by atoms with Gasteiger partial charge < -0.3 is 25.5 Å². The number of halogens is 3. The summed E-state index contributed by atoms with van der Waals surface area (Å²) in [5.74, 6) is -1.80. The zero-order valence-corrected chi connectivity index (χ0v) is 22.5. The molecular weight excluding hydrogens is 575 g/mol. The average Bonchev–Trinajstić information content (AvgIpc) is 2.75. The Hall–Kier alpha value is -2.84. The second-order valence-corrected chi connectivity index (χ2v) is 9.64. The smallest absolute Gasteiger partial charge is 0.744 e. The Kier molecular flexibility index (Phi) is 9.60. The minimum atomic E-state index is -5.29. The van der Waals surface area contributed by atoms with Crippen LogP contribution in [0.4, 0.5) is 42.1 Å². The number of amides is 2. The van der Waals surface area contributed by atoms with E-state index in [0.717, 1.165) is 12.1 Å². The fourth-order valence-corrected chi connectivity index (χ4v) is 3.93. The van der Waals surface area contributed by atoms with E-state index in [0.29, 0.717) is 12.1 Å². The summed E-state index contributed by atoms with van der Waals surface area (Å²) in [6.07, 6.45) is -1.42. The Labute approximate surface area is 234 Å². The van der Waals surface area contributed by atoms with Crippen LogP contribution in [0.5, 0.6) is 0 Å². The summed E-state index contributed by atoms with van der Waals surface area (Å²) in [4.78, 5) is 15.4. The van der Waals surface area contributed by atoms with Crippen molar-refractivity contribution in [2.24, 2.45) is 16.0 Å². The van der Waals surface area contributed by atoms with Crippen LogP contribution in [-0.4, -0.2) is 41.9 Å². The molecule has 2 aromatic carbocycles. The van der Waals surface area contributed by atoms with Crippen LogP contribution < -0.4 is 45.9 Å². The molecule has 0 saturated carbocycles. The van der Waals surface area contributed by atoms with Crippen molar-refractivity contribution in [3.63, 3.8) is 0 Å². The van der Waals surface area contributed by atoms with Gasteiger partial charge in [0.05, 0.1) is 15.5 Å². The Balaban J connectivity index is 0.00000481. The molecule has 4 N–H and O–H groups in total. The van der Waals surface area contributed by atoms with Crippen LogP contribution in [0.15, 0.2) is 56.4 Å². The van der Waals surface area contributed by atoms with Crippen LogP contribution in [0, 0.1) is 12.0 Å². The van der Waals surface area contributed by atoms with E-state index in [9.17, 15) is 39.5 Å². The number of nitrogens with one attached hydrogen (secondary N) is 2. The zero-order valence-electron chi connectivity index (χ0n) is 18.1. The molecule has 0 aliphatic heterocycles. The number of anilines is 3. The molecule has 1 aromatic heterocycles. The SMILES string of the molecule is NC(=O)Nc1cc(Nc2nc(F)nc(F)c2Cl)ccc1N=Nc1ccc(S(=O)(=O)[O-])cc1S(=O)(=O)[O-].[Na+]. The van der Waals surface area contributed by atoms with E-state index in [1.54, 1.807) is 0 Å². The second-order valence-electron chi connectivity index (χ2n) is 6.53. The predicted octanol–water partition coefficient (Wildman–Crippen LogP) is -0.130. The van der Waals surface area contributed by atoms with Gasteiger partial charge in [0, 0.05) is 5.69 Å². The number of carbonyl (C=O) groups is 1. The number of nitrogens with two attached hydrogens (primary N) is 1. The summed E-state index contributed by atoms with van der Waals surface area (Å²) in [5, 5.41) is 11.3. The van der Waals surface area contributed by atoms with Gasteiger partial charge in [-0.15, -0.1) is 10.2 Å². The van der Waals surface area contributed by atoms with Gasteiger partial charge in [-0.05, 0) is 36.4 Å². The number of rotatable bonds is 7. The van der Waals surface area contributed by atoms with Crippen molar-refractivity contribution >= 4 is 66.4 Å². The molecule has 0 aliphatic carbocycles. The second kappa shape index (κ2) is 11.7. The molecule has 14 nitrogen and oxygen atoms in total. The number of hydrogen-bond acceptors (Lipinski definition) is 12. The van der Waals surface area contributed by atoms with E-state index < -0.39 is 64.6 Å². The van der Waals surface area contributed by atoms with Gasteiger partial charge >= 0.3 is 41.7 Å². The minimum absolute atomic E-state index is 0. The van der Waals surface area contributed by atoms with Crippen molar-refractivity contribution in [1.82, 2.24) is 9.97 Å². The molecule has 0 unspecified atom stereocenters. The van der Waals surface area contributed by atoms with Crippen molar-refractivity contribution in [3.8, 4) is 0 Å². The zero-order chi connectivity index (χ0) is 26.8. The maximum atomic E-state index is 13.5. The van der Waals surface area contributed by atoms with Gasteiger partial charge in [-0.1, -0.05) is 11.6 Å². The molecule has 0 atom stereocenters. The topological polar surface area (TPSA) is 232 Å². The van der Waals surface area contributed by atoms with E-state index in [4.69, 9.17) is 17.3 Å². The fourth-order valence-electron chi connectivity index (χ4n) is 2.59. The van der Waals surface area contributed by atoms with Crippen LogP contribution in [-0.2, 0) is 20.2 Å². The minimum Gasteiger partial charge on any atom is -0.744 e. The van der Waals surface area contributed by atoms with Gasteiger partial charge in [0.2, 0.25) is 5.95 Å². The van der Waals surface area contributed by atoms with Gasteiger partial charge in [0.25, 0.3) is 0 Å². The molecule has 3 aromatic rings. The van der Waals surface area contributed by atoms with E-state index in [-0.39, 0.29) is 46.6 Å². The Bertz CT molecular complexity index is 1630. The van der Waals surface area contributed by atoms with Crippen LogP contribution in [0.3, 0.4) is 0 Å². The van der Waals surface area contributed by atoms with E-state index in [1.807, 2.05) is 0 Å². The largest absolute Gasteiger partial charge is 1.00 e. The first-order valence-electron chi connectivity index (χ1n) is 8.99. The molecule has 0 saturated heterocycles. The quantitative estimate of drug-likeness (QED) is 0.109. The molecule has 0 spiro atoms.